The largest absolute Gasteiger partial charge is 0.507 e. The Labute approximate surface area is 232 Å². The zero-order valence-electron chi connectivity index (χ0n) is 22.1. The molecular formula is C29H36N4O7. The molecule has 0 fully saturated rings. The van der Waals surface area contributed by atoms with Crippen LogP contribution < -0.4 is 31.2 Å². The van der Waals surface area contributed by atoms with Gasteiger partial charge in [0.15, 0.2) is 0 Å². The molecule has 0 heterocycles. The van der Waals surface area contributed by atoms with Crippen LogP contribution in [-0.2, 0) is 19.5 Å². The number of aliphatic hydroxyl groups excluding tert-OH is 2. The second-order valence-electron chi connectivity index (χ2n) is 8.95. The van der Waals surface area contributed by atoms with E-state index in [-0.39, 0.29) is 37.6 Å². The number of para-hydroxylation sites is 1. The van der Waals surface area contributed by atoms with Crippen LogP contribution in [0.4, 0.5) is 4.79 Å². The Bertz CT molecular complexity index is 1250. The third-order valence-electron chi connectivity index (χ3n) is 5.93. The molecule has 214 valence electrons. The number of rotatable bonds is 16. The van der Waals surface area contributed by atoms with Crippen LogP contribution in [0.3, 0.4) is 0 Å². The maximum absolute atomic E-state index is 11.7. The van der Waals surface area contributed by atoms with Crippen LogP contribution in [0.25, 0.3) is 0 Å². The highest BCUT2D eigenvalue weighted by atomic mass is 16.5. The Balaban J connectivity index is 1.43. The molecule has 0 bridgehead atoms. The minimum Gasteiger partial charge on any atom is -0.507 e. The van der Waals surface area contributed by atoms with Crippen molar-refractivity contribution < 1.29 is 34.4 Å². The van der Waals surface area contributed by atoms with Gasteiger partial charge in [-0.2, -0.15) is 0 Å². The quantitative estimate of drug-likeness (QED) is 0.140. The van der Waals surface area contributed by atoms with E-state index in [4.69, 9.17) is 20.3 Å². The lowest BCUT2D eigenvalue weighted by Gasteiger charge is -2.17. The van der Waals surface area contributed by atoms with E-state index in [2.05, 4.69) is 16.0 Å². The molecule has 1 unspecified atom stereocenters. The van der Waals surface area contributed by atoms with Crippen molar-refractivity contribution in [2.45, 2.75) is 25.6 Å². The first kappa shape index (κ1) is 30.2. The lowest BCUT2D eigenvalue weighted by atomic mass is 10.0. The number of hydrogen-bond acceptors (Lipinski definition) is 8. The number of aliphatic hydroxyl groups is 2. The predicted octanol–water partition coefficient (Wildman–Crippen LogP) is 1.43. The van der Waals surface area contributed by atoms with Crippen molar-refractivity contribution in [1.82, 2.24) is 16.0 Å². The minimum absolute atomic E-state index is 0.00596. The van der Waals surface area contributed by atoms with Gasteiger partial charge in [0.05, 0.1) is 18.8 Å². The van der Waals surface area contributed by atoms with Crippen molar-refractivity contribution in [2.24, 2.45) is 5.73 Å². The molecule has 3 amide bonds. The molecule has 0 saturated heterocycles. The molecular weight excluding hydrogens is 516 g/mol. The number of urea groups is 1. The second kappa shape index (κ2) is 15.9. The first-order valence-corrected chi connectivity index (χ1v) is 12.9. The Morgan fingerprint density at radius 3 is 2.38 bits per heavy atom. The van der Waals surface area contributed by atoms with E-state index in [9.17, 15) is 19.8 Å². The van der Waals surface area contributed by atoms with Crippen molar-refractivity contribution in [1.29, 1.82) is 0 Å². The van der Waals surface area contributed by atoms with Gasteiger partial charge in [0, 0.05) is 38.2 Å². The third kappa shape index (κ3) is 9.77. The van der Waals surface area contributed by atoms with E-state index in [1.54, 1.807) is 12.1 Å². The summed E-state index contributed by atoms with van der Waals surface area (Å²) in [5.74, 6) is 0.0792. The fourth-order valence-electron chi connectivity index (χ4n) is 3.87. The summed E-state index contributed by atoms with van der Waals surface area (Å²) >= 11 is 0. The van der Waals surface area contributed by atoms with Crippen LogP contribution in [0.15, 0.2) is 66.7 Å². The van der Waals surface area contributed by atoms with Gasteiger partial charge in [-0.1, -0.05) is 42.5 Å². The van der Waals surface area contributed by atoms with Crippen LogP contribution in [0, 0.1) is 0 Å². The van der Waals surface area contributed by atoms with Gasteiger partial charge in [-0.25, -0.2) is 4.79 Å². The number of hydrogen-bond donors (Lipinski definition) is 7. The van der Waals surface area contributed by atoms with E-state index >= 15 is 0 Å². The van der Waals surface area contributed by atoms with Crippen molar-refractivity contribution in [3.05, 3.63) is 89.0 Å². The van der Waals surface area contributed by atoms with Gasteiger partial charge in [0.2, 0.25) is 0 Å². The number of amides is 3. The number of benzene rings is 3. The monoisotopic (exact) mass is 552 g/mol. The third-order valence-corrected chi connectivity index (χ3v) is 5.93. The fourth-order valence-corrected chi connectivity index (χ4v) is 3.87. The number of aromatic hydroxyl groups is 1. The summed E-state index contributed by atoms with van der Waals surface area (Å²) in [6.45, 7) is 1.52. The minimum atomic E-state index is -0.765. The molecule has 0 aliphatic carbocycles. The lowest BCUT2D eigenvalue weighted by Crippen LogP contribution is -2.36. The summed E-state index contributed by atoms with van der Waals surface area (Å²) in [7, 11) is 0. The Morgan fingerprint density at radius 1 is 0.900 bits per heavy atom. The summed E-state index contributed by atoms with van der Waals surface area (Å²) in [4.78, 5) is 23.1. The van der Waals surface area contributed by atoms with Gasteiger partial charge in [0.1, 0.15) is 30.0 Å². The van der Waals surface area contributed by atoms with Gasteiger partial charge in [-0.05, 0) is 35.4 Å². The van der Waals surface area contributed by atoms with E-state index in [1.807, 2.05) is 42.5 Å². The number of primary amides is 1. The zero-order chi connectivity index (χ0) is 28.7. The molecule has 1 atom stereocenters. The molecule has 0 spiro atoms. The average Bonchev–Trinajstić information content (AvgIpc) is 2.95. The number of nitrogens with one attached hydrogen (secondary N) is 3. The number of carbonyl (C=O) groups is 2. The lowest BCUT2D eigenvalue weighted by molar-refractivity contribution is 0.0997. The molecule has 40 heavy (non-hydrogen) atoms. The molecule has 11 heteroatoms. The SMILES string of the molecule is NC(=O)c1cc(OCCc2ccccc2CNCC(O)COc2ccccc2CNC(=O)NCCO)ccc1O. The van der Waals surface area contributed by atoms with Crippen molar-refractivity contribution >= 4 is 11.9 Å². The van der Waals surface area contributed by atoms with Crippen LogP contribution in [-0.4, -0.2) is 66.3 Å². The fraction of sp³-hybridized carbons (Fsp3) is 0.310. The van der Waals surface area contributed by atoms with Crippen LogP contribution in [0.5, 0.6) is 17.2 Å². The topological polar surface area (TPSA) is 175 Å². The van der Waals surface area contributed by atoms with E-state index in [1.165, 1.54) is 12.1 Å². The first-order chi connectivity index (χ1) is 19.4. The molecule has 0 radical (unpaired) electrons. The van der Waals surface area contributed by atoms with Gasteiger partial charge in [-0.15, -0.1) is 0 Å². The van der Waals surface area contributed by atoms with Gasteiger partial charge >= 0.3 is 6.03 Å². The van der Waals surface area contributed by atoms with Gasteiger partial charge < -0.3 is 46.5 Å². The zero-order valence-corrected chi connectivity index (χ0v) is 22.1. The highest BCUT2D eigenvalue weighted by molar-refractivity contribution is 5.95. The summed E-state index contributed by atoms with van der Waals surface area (Å²) in [5, 5.41) is 37.4. The molecule has 3 aromatic rings. The number of phenols is 1. The molecule has 0 aliphatic rings. The second-order valence-corrected chi connectivity index (χ2v) is 8.95. The highest BCUT2D eigenvalue weighted by Gasteiger charge is 2.11. The van der Waals surface area contributed by atoms with Crippen molar-refractivity contribution in [3.8, 4) is 17.2 Å². The Morgan fingerprint density at radius 2 is 1.62 bits per heavy atom. The molecule has 0 saturated carbocycles. The number of carbonyl (C=O) groups excluding carboxylic acids is 2. The molecule has 0 aliphatic heterocycles. The van der Waals surface area contributed by atoms with Gasteiger partial charge in [-0.3, -0.25) is 4.79 Å². The smallest absolute Gasteiger partial charge is 0.315 e. The normalized spacial score (nSPS) is 11.4. The first-order valence-electron chi connectivity index (χ1n) is 12.9. The number of ether oxygens (including phenoxy) is 2. The van der Waals surface area contributed by atoms with E-state index in [0.29, 0.717) is 37.6 Å². The average molecular weight is 553 g/mol. The summed E-state index contributed by atoms with van der Waals surface area (Å²) < 4.78 is 11.6. The van der Waals surface area contributed by atoms with E-state index < -0.39 is 18.0 Å². The molecule has 3 rings (SSSR count). The van der Waals surface area contributed by atoms with Gasteiger partial charge in [0.25, 0.3) is 5.91 Å². The highest BCUT2D eigenvalue weighted by Crippen LogP contribution is 2.23. The summed E-state index contributed by atoms with van der Waals surface area (Å²) in [5.41, 5.74) is 8.16. The standard InChI is InChI=1S/C29H36N4O7/c30-28(37)25-15-24(9-10-26(25)36)39-14-11-20-5-1-2-6-21(20)16-31-18-23(35)19-40-27-8-4-3-7-22(27)17-33-29(38)32-12-13-34/h1-10,15,23,31,34-36H,11-14,16-19H2,(H2,30,37)(H2,32,33,38). The number of nitrogens with two attached hydrogens (primary N) is 1. The van der Waals surface area contributed by atoms with E-state index in [0.717, 1.165) is 16.7 Å². The summed E-state index contributed by atoms with van der Waals surface area (Å²) in [6.07, 6.45) is -0.155. The maximum atomic E-state index is 11.7. The van der Waals surface area contributed by atoms with Crippen LogP contribution in [0.2, 0.25) is 0 Å². The Hall–Kier alpha value is -4.32. The summed E-state index contributed by atoms with van der Waals surface area (Å²) in [6, 6.07) is 19.1. The maximum Gasteiger partial charge on any atom is 0.315 e. The predicted molar refractivity (Wildman–Crippen MR) is 149 cm³/mol. The molecule has 3 aromatic carbocycles. The van der Waals surface area contributed by atoms with Crippen molar-refractivity contribution in [3.63, 3.8) is 0 Å². The van der Waals surface area contributed by atoms with Crippen molar-refractivity contribution in [2.75, 3.05) is 32.9 Å². The molecule has 11 nitrogen and oxygen atoms in total. The van der Waals surface area contributed by atoms with Crippen LogP contribution >= 0.6 is 0 Å². The Kier molecular flexibility index (Phi) is 12.0. The molecule has 8 N–H and O–H groups in total. The molecule has 0 aromatic heterocycles. The van der Waals surface area contributed by atoms with Crippen LogP contribution in [0.1, 0.15) is 27.0 Å².